The summed E-state index contributed by atoms with van der Waals surface area (Å²) in [4.78, 5) is 28.3. The Morgan fingerprint density at radius 1 is 1.06 bits per heavy atom. The third-order valence-electron chi connectivity index (χ3n) is 6.83. The predicted molar refractivity (Wildman–Crippen MR) is 140 cm³/mol. The molecule has 1 fully saturated rings. The van der Waals surface area contributed by atoms with E-state index in [-0.39, 0.29) is 25.0 Å². The van der Waals surface area contributed by atoms with Crippen LogP contribution >= 0.6 is 0 Å². The van der Waals surface area contributed by atoms with Crippen molar-refractivity contribution in [2.24, 2.45) is 0 Å². The van der Waals surface area contributed by atoms with Crippen LogP contribution in [0.1, 0.15) is 54.9 Å². The molecular weight excluding hydrogens is 462 g/mol. The van der Waals surface area contributed by atoms with Gasteiger partial charge in [-0.2, -0.15) is 0 Å². The van der Waals surface area contributed by atoms with Crippen LogP contribution in [-0.4, -0.2) is 50.0 Å². The van der Waals surface area contributed by atoms with Crippen LogP contribution < -0.4 is 9.62 Å². The first-order valence-electron chi connectivity index (χ1n) is 12.2. The maximum absolute atomic E-state index is 13.7. The average Bonchev–Trinajstić information content (AvgIpc) is 3.29. The molecular formula is C27H37N3O4S. The van der Waals surface area contributed by atoms with Crippen molar-refractivity contribution >= 4 is 27.5 Å². The number of benzene rings is 2. The monoisotopic (exact) mass is 499 g/mol. The lowest BCUT2D eigenvalue weighted by Crippen LogP contribution is -2.52. The molecule has 0 saturated heterocycles. The number of hydrogen-bond donors (Lipinski definition) is 1. The Bertz CT molecular complexity index is 1170. The number of aryl methyl sites for hydroxylation is 2. The molecule has 35 heavy (non-hydrogen) atoms. The molecule has 1 aliphatic carbocycles. The van der Waals surface area contributed by atoms with Crippen LogP contribution in [0.25, 0.3) is 0 Å². The fraction of sp³-hybridized carbons (Fsp3) is 0.481. The lowest BCUT2D eigenvalue weighted by atomic mass is 10.1. The van der Waals surface area contributed by atoms with E-state index in [4.69, 9.17) is 0 Å². The zero-order chi connectivity index (χ0) is 25.8. The molecule has 2 aromatic rings. The molecule has 0 radical (unpaired) electrons. The molecule has 1 atom stereocenters. The van der Waals surface area contributed by atoms with E-state index in [2.05, 4.69) is 5.32 Å². The minimum atomic E-state index is -3.74. The fourth-order valence-corrected chi connectivity index (χ4v) is 5.48. The zero-order valence-electron chi connectivity index (χ0n) is 21.4. The maximum atomic E-state index is 13.7. The second-order valence-corrected chi connectivity index (χ2v) is 11.6. The first kappa shape index (κ1) is 26.7. The quantitative estimate of drug-likeness (QED) is 0.568. The van der Waals surface area contributed by atoms with E-state index in [0.717, 1.165) is 58.5 Å². The van der Waals surface area contributed by atoms with Crippen LogP contribution in [0.5, 0.6) is 0 Å². The molecule has 8 heteroatoms. The zero-order valence-corrected chi connectivity index (χ0v) is 22.2. The number of carbonyl (C=O) groups excluding carboxylic acids is 2. The van der Waals surface area contributed by atoms with Crippen molar-refractivity contribution in [1.82, 2.24) is 10.2 Å². The highest BCUT2D eigenvalue weighted by Crippen LogP contribution is 2.25. The van der Waals surface area contributed by atoms with Gasteiger partial charge in [0, 0.05) is 12.6 Å². The van der Waals surface area contributed by atoms with Crippen molar-refractivity contribution in [1.29, 1.82) is 0 Å². The van der Waals surface area contributed by atoms with Crippen molar-refractivity contribution in [2.45, 2.75) is 72.0 Å². The smallest absolute Gasteiger partial charge is 0.244 e. The summed E-state index contributed by atoms with van der Waals surface area (Å²) in [5, 5.41) is 3.08. The van der Waals surface area contributed by atoms with E-state index in [0.29, 0.717) is 5.69 Å². The molecule has 190 valence electrons. The number of carbonyl (C=O) groups is 2. The number of amides is 2. The van der Waals surface area contributed by atoms with Gasteiger partial charge >= 0.3 is 0 Å². The minimum Gasteiger partial charge on any atom is -0.352 e. The predicted octanol–water partition coefficient (Wildman–Crippen LogP) is 3.85. The maximum Gasteiger partial charge on any atom is 0.244 e. The number of anilines is 1. The molecule has 1 saturated carbocycles. The van der Waals surface area contributed by atoms with E-state index in [9.17, 15) is 18.0 Å². The molecule has 2 amide bonds. The van der Waals surface area contributed by atoms with E-state index >= 15 is 0 Å². The van der Waals surface area contributed by atoms with Crippen LogP contribution in [0.4, 0.5) is 5.69 Å². The second kappa shape index (κ2) is 11.2. The molecule has 7 nitrogen and oxygen atoms in total. The van der Waals surface area contributed by atoms with Crippen molar-refractivity contribution in [3.63, 3.8) is 0 Å². The molecule has 0 aliphatic heterocycles. The van der Waals surface area contributed by atoms with Crippen molar-refractivity contribution in [2.75, 3.05) is 17.1 Å². The highest BCUT2D eigenvalue weighted by molar-refractivity contribution is 7.92. The summed E-state index contributed by atoms with van der Waals surface area (Å²) < 4.78 is 26.7. The molecule has 1 unspecified atom stereocenters. The molecule has 1 aliphatic rings. The largest absolute Gasteiger partial charge is 0.352 e. The van der Waals surface area contributed by atoms with Gasteiger partial charge in [0.15, 0.2) is 0 Å². The molecule has 0 spiro atoms. The number of sulfonamides is 1. The van der Waals surface area contributed by atoms with Gasteiger partial charge in [-0.25, -0.2) is 8.42 Å². The summed E-state index contributed by atoms with van der Waals surface area (Å²) in [6, 6.07) is 12.5. The van der Waals surface area contributed by atoms with Crippen LogP contribution in [0.2, 0.25) is 0 Å². The Labute approximate surface area is 209 Å². The van der Waals surface area contributed by atoms with Crippen molar-refractivity contribution in [3.8, 4) is 0 Å². The second-order valence-electron chi connectivity index (χ2n) is 9.67. The highest BCUT2D eigenvalue weighted by Gasteiger charge is 2.31. The summed E-state index contributed by atoms with van der Waals surface area (Å²) in [5.74, 6) is -0.637. The Hall–Kier alpha value is -2.87. The van der Waals surface area contributed by atoms with Gasteiger partial charge in [0.1, 0.15) is 12.6 Å². The van der Waals surface area contributed by atoms with Crippen LogP contribution in [-0.2, 0) is 26.2 Å². The van der Waals surface area contributed by atoms with Gasteiger partial charge in [-0.15, -0.1) is 0 Å². The SMILES string of the molecule is Cc1cccc(CN(C(=O)CN(c2cccc(C)c2C)S(C)(=O)=O)C(C)C(=O)NC2CCCC2)c1. The molecule has 3 rings (SSSR count). The lowest BCUT2D eigenvalue weighted by molar-refractivity contribution is -0.139. The fourth-order valence-electron chi connectivity index (χ4n) is 4.58. The third kappa shape index (κ3) is 6.84. The number of nitrogens with one attached hydrogen (secondary N) is 1. The molecule has 2 aromatic carbocycles. The van der Waals surface area contributed by atoms with Gasteiger partial charge in [-0.1, -0.05) is 54.8 Å². The Kier molecular flexibility index (Phi) is 8.59. The van der Waals surface area contributed by atoms with Crippen molar-refractivity contribution < 1.29 is 18.0 Å². The molecule has 1 N–H and O–H groups in total. The van der Waals surface area contributed by atoms with Crippen LogP contribution in [0.15, 0.2) is 42.5 Å². The molecule has 0 heterocycles. The topological polar surface area (TPSA) is 86.8 Å². The minimum absolute atomic E-state index is 0.128. The number of rotatable bonds is 9. The summed E-state index contributed by atoms with van der Waals surface area (Å²) in [6.45, 7) is 7.26. The van der Waals surface area contributed by atoms with Crippen LogP contribution in [0.3, 0.4) is 0 Å². The first-order valence-corrected chi connectivity index (χ1v) is 14.0. The van der Waals surface area contributed by atoms with E-state index < -0.39 is 22.0 Å². The van der Waals surface area contributed by atoms with E-state index in [1.54, 1.807) is 19.1 Å². The Morgan fingerprint density at radius 3 is 2.34 bits per heavy atom. The third-order valence-corrected chi connectivity index (χ3v) is 7.95. The number of nitrogens with zero attached hydrogens (tertiary/aromatic N) is 2. The van der Waals surface area contributed by atoms with Crippen molar-refractivity contribution in [3.05, 3.63) is 64.7 Å². The first-order chi connectivity index (χ1) is 16.5. The van der Waals surface area contributed by atoms with E-state index in [1.165, 1.54) is 4.90 Å². The lowest BCUT2D eigenvalue weighted by Gasteiger charge is -2.32. The molecule has 0 aromatic heterocycles. The standard InChI is InChI=1S/C27H37N3O4S/c1-19-10-8-12-23(16-19)17-29(22(4)27(32)28-24-13-6-7-14-24)26(31)18-30(35(5,33)34)25-15-9-11-20(2)21(25)3/h8-12,15-16,22,24H,6-7,13-14,17-18H2,1-5H3,(H,28,32). The summed E-state index contributed by atoms with van der Waals surface area (Å²) >= 11 is 0. The van der Waals surface area contributed by atoms with Gasteiger partial charge < -0.3 is 10.2 Å². The van der Waals surface area contributed by atoms with Gasteiger partial charge in [0.2, 0.25) is 21.8 Å². The van der Waals surface area contributed by atoms with Gasteiger partial charge in [0.25, 0.3) is 0 Å². The summed E-state index contributed by atoms with van der Waals surface area (Å²) in [6.07, 6.45) is 5.16. The average molecular weight is 500 g/mol. The van der Waals surface area contributed by atoms with Gasteiger partial charge in [-0.05, 0) is 63.3 Å². The van der Waals surface area contributed by atoms with Gasteiger partial charge in [0.05, 0.1) is 11.9 Å². The number of hydrogen-bond acceptors (Lipinski definition) is 4. The Balaban J connectivity index is 1.91. The molecule has 0 bridgehead atoms. The van der Waals surface area contributed by atoms with Crippen LogP contribution in [0, 0.1) is 20.8 Å². The normalized spacial score (nSPS) is 15.0. The Morgan fingerprint density at radius 2 is 1.71 bits per heavy atom. The van der Waals surface area contributed by atoms with Gasteiger partial charge in [-0.3, -0.25) is 13.9 Å². The summed E-state index contributed by atoms with van der Waals surface area (Å²) in [7, 11) is -3.74. The summed E-state index contributed by atoms with van der Waals surface area (Å²) in [5.41, 5.74) is 4.13. The highest BCUT2D eigenvalue weighted by atomic mass is 32.2. The van der Waals surface area contributed by atoms with E-state index in [1.807, 2.05) is 51.1 Å².